The van der Waals surface area contributed by atoms with Crippen molar-refractivity contribution in [1.29, 1.82) is 0 Å². The number of likely N-dealkylation sites (tertiary alicyclic amines) is 1. The van der Waals surface area contributed by atoms with E-state index < -0.39 is 41.7 Å². The van der Waals surface area contributed by atoms with Crippen LogP contribution in [0.4, 0.5) is 0 Å². The molecule has 4 rings (SSSR count). The minimum atomic E-state index is -1.29. The minimum absolute atomic E-state index is 0.0589. The van der Waals surface area contributed by atoms with Crippen LogP contribution < -0.4 is 5.32 Å². The molecular weight excluding hydrogens is 558 g/mol. The number of unbranched alkanes of at least 4 members (excludes halogenated alkanes) is 2. The molecule has 2 fully saturated rings. The molecule has 0 aliphatic carbocycles. The predicted octanol–water partition coefficient (Wildman–Crippen LogP) is 1.66. The number of aliphatic hydroxyl groups is 1. The Hall–Kier alpha value is -2.24. The maximum atomic E-state index is 14.3. The summed E-state index contributed by atoms with van der Waals surface area (Å²) in [5, 5.41) is 12.0. The summed E-state index contributed by atoms with van der Waals surface area (Å²) in [6, 6.07) is -1.09. The van der Waals surface area contributed by atoms with Crippen LogP contribution in [0.1, 0.15) is 52.9 Å². The summed E-state index contributed by atoms with van der Waals surface area (Å²) in [5.41, 5.74) is -1.29. The van der Waals surface area contributed by atoms with Crippen molar-refractivity contribution in [3.8, 4) is 0 Å². The molecule has 5 bridgehead atoms. The zero-order valence-corrected chi connectivity index (χ0v) is 23.8. The molecule has 210 valence electrons. The number of fused-ring (bicyclic) bond motifs is 2. The zero-order chi connectivity index (χ0) is 27.6. The van der Waals surface area contributed by atoms with Gasteiger partial charge >= 0.3 is 5.97 Å². The Labute approximate surface area is 231 Å². The molecule has 0 aromatic rings. The smallest absolute Gasteiger partial charge is 0.313 e. The number of rotatable bonds is 6. The number of carbonyl (C=O) groups excluding carboxylic acids is 4. The van der Waals surface area contributed by atoms with Gasteiger partial charge in [-0.3, -0.25) is 19.2 Å². The molecule has 4 heterocycles. The van der Waals surface area contributed by atoms with Crippen molar-refractivity contribution in [2.45, 2.75) is 82.8 Å². The van der Waals surface area contributed by atoms with Crippen LogP contribution in [0.15, 0.2) is 22.7 Å². The molecule has 4 aliphatic rings. The maximum absolute atomic E-state index is 14.3. The molecule has 1 spiro atoms. The van der Waals surface area contributed by atoms with Gasteiger partial charge in [0.15, 0.2) is 0 Å². The number of amides is 3. The van der Waals surface area contributed by atoms with Crippen LogP contribution in [0.3, 0.4) is 0 Å². The topological polar surface area (TPSA) is 125 Å². The van der Waals surface area contributed by atoms with E-state index in [0.717, 1.165) is 0 Å². The average Bonchev–Trinajstić information content (AvgIpc) is 3.45. The predicted molar refractivity (Wildman–Crippen MR) is 142 cm³/mol. The fourth-order valence-corrected chi connectivity index (χ4v) is 6.71. The van der Waals surface area contributed by atoms with E-state index in [2.05, 4.69) is 21.2 Å². The van der Waals surface area contributed by atoms with E-state index in [1.54, 1.807) is 22.8 Å². The van der Waals surface area contributed by atoms with Gasteiger partial charge in [0.1, 0.15) is 29.8 Å². The number of carbonyl (C=O) groups is 4. The summed E-state index contributed by atoms with van der Waals surface area (Å²) in [6.07, 6.45) is 6.93. The van der Waals surface area contributed by atoms with Crippen molar-refractivity contribution >= 4 is 39.6 Å². The number of esters is 1. The van der Waals surface area contributed by atoms with Crippen LogP contribution in [-0.2, 0) is 28.7 Å². The first-order valence-electron chi connectivity index (χ1n) is 13.5. The molecule has 3 amide bonds. The summed E-state index contributed by atoms with van der Waals surface area (Å²) < 4.78 is 12.8. The molecule has 0 saturated carbocycles. The number of aliphatic hydroxyl groups excluding tert-OH is 1. The molecule has 10 nitrogen and oxygen atoms in total. The third kappa shape index (κ3) is 5.29. The van der Waals surface area contributed by atoms with E-state index >= 15 is 0 Å². The van der Waals surface area contributed by atoms with E-state index in [1.165, 1.54) is 0 Å². The SMILES string of the molecule is CC(C)N1C/C=C\CCC(=O)NC[C@@H](C)OC(=O)[C@@H]2[C@H]3O[C@@]4(C=C3Br)[C@H](C1=O)N(CCCCCO)C(=O)[C@@H]24. The molecule has 2 saturated heterocycles. The molecule has 38 heavy (non-hydrogen) atoms. The average molecular weight is 597 g/mol. The second-order valence-electron chi connectivity index (χ2n) is 10.8. The van der Waals surface area contributed by atoms with Crippen molar-refractivity contribution in [2.75, 3.05) is 26.2 Å². The van der Waals surface area contributed by atoms with Crippen LogP contribution in [0.2, 0.25) is 0 Å². The van der Waals surface area contributed by atoms with Gasteiger partial charge in [-0.2, -0.15) is 0 Å². The number of halogens is 1. The molecular formula is C27H38BrN3O7. The van der Waals surface area contributed by atoms with Gasteiger partial charge in [0.05, 0.1) is 12.5 Å². The number of nitrogens with one attached hydrogen (secondary N) is 1. The fraction of sp³-hybridized carbons (Fsp3) is 0.704. The number of hydrogen-bond donors (Lipinski definition) is 2. The summed E-state index contributed by atoms with van der Waals surface area (Å²) >= 11 is 3.53. The van der Waals surface area contributed by atoms with Crippen molar-refractivity contribution in [2.24, 2.45) is 11.8 Å². The van der Waals surface area contributed by atoms with Gasteiger partial charge in [-0.15, -0.1) is 0 Å². The third-order valence-corrected chi connectivity index (χ3v) is 8.49. The third-order valence-electron chi connectivity index (χ3n) is 7.81. The highest BCUT2D eigenvalue weighted by Gasteiger charge is 2.74. The Bertz CT molecular complexity index is 1010. The Kier molecular flexibility index (Phi) is 8.99. The normalized spacial score (nSPS) is 34.9. The molecule has 2 N–H and O–H groups in total. The lowest BCUT2D eigenvalue weighted by Gasteiger charge is -2.37. The first kappa shape index (κ1) is 28.8. The van der Waals surface area contributed by atoms with Gasteiger partial charge in [0.25, 0.3) is 0 Å². The van der Waals surface area contributed by atoms with E-state index in [0.29, 0.717) is 43.3 Å². The summed E-state index contributed by atoms with van der Waals surface area (Å²) in [4.78, 5) is 57.2. The first-order chi connectivity index (χ1) is 18.1. The van der Waals surface area contributed by atoms with Crippen LogP contribution in [0.5, 0.6) is 0 Å². The molecule has 0 aromatic heterocycles. The van der Waals surface area contributed by atoms with Crippen LogP contribution >= 0.6 is 15.9 Å². The summed E-state index contributed by atoms with van der Waals surface area (Å²) in [5.74, 6) is -3.09. The molecule has 4 aliphatic heterocycles. The Balaban J connectivity index is 1.75. The van der Waals surface area contributed by atoms with Crippen LogP contribution in [0.25, 0.3) is 0 Å². The Morgan fingerprint density at radius 2 is 1.92 bits per heavy atom. The van der Waals surface area contributed by atoms with Gasteiger partial charge in [-0.05, 0) is 52.5 Å². The highest BCUT2D eigenvalue weighted by Crippen LogP contribution is 2.59. The number of ether oxygens (including phenoxy) is 2. The lowest BCUT2D eigenvalue weighted by Crippen LogP contribution is -2.57. The quantitative estimate of drug-likeness (QED) is 0.272. The zero-order valence-electron chi connectivity index (χ0n) is 22.2. The van der Waals surface area contributed by atoms with E-state index in [4.69, 9.17) is 9.47 Å². The molecule has 0 aromatic carbocycles. The molecule has 0 unspecified atom stereocenters. The van der Waals surface area contributed by atoms with E-state index in [9.17, 15) is 24.3 Å². The standard InChI is InChI=1S/C27H38BrN3O7/c1-16(2)30-11-7-4-6-10-19(33)29-15-17(3)37-26(36)20-21-24(34)31(12-8-5-9-13-32)23(25(30)35)27(21)14-18(28)22(20)38-27/h4,7,14,16-17,20-23,32H,5-6,8-13,15H2,1-3H3,(H,29,33)/b7-4-/t17-,20+,21-,22+,23+,27-/m1/s1. The second kappa shape index (κ2) is 11.9. The van der Waals surface area contributed by atoms with Gasteiger partial charge in [0.2, 0.25) is 17.7 Å². The van der Waals surface area contributed by atoms with Crippen molar-refractivity contribution in [3.63, 3.8) is 0 Å². The minimum Gasteiger partial charge on any atom is -0.460 e. The Morgan fingerprint density at radius 3 is 2.63 bits per heavy atom. The number of nitrogens with zero attached hydrogens (tertiary/aromatic N) is 2. The number of hydrogen-bond acceptors (Lipinski definition) is 7. The van der Waals surface area contributed by atoms with Crippen LogP contribution in [0, 0.1) is 11.8 Å². The highest BCUT2D eigenvalue weighted by molar-refractivity contribution is 9.11. The summed E-state index contributed by atoms with van der Waals surface area (Å²) in [7, 11) is 0. The van der Waals surface area contributed by atoms with E-state index in [1.807, 2.05) is 26.0 Å². The first-order valence-corrected chi connectivity index (χ1v) is 14.3. The van der Waals surface area contributed by atoms with Crippen molar-refractivity contribution in [3.05, 3.63) is 22.7 Å². The van der Waals surface area contributed by atoms with Crippen LogP contribution in [-0.4, -0.2) is 94.7 Å². The molecule has 0 radical (unpaired) electrons. The van der Waals surface area contributed by atoms with Crippen molar-refractivity contribution < 1.29 is 33.8 Å². The Morgan fingerprint density at radius 1 is 1.16 bits per heavy atom. The monoisotopic (exact) mass is 595 g/mol. The summed E-state index contributed by atoms with van der Waals surface area (Å²) in [6.45, 7) is 6.38. The van der Waals surface area contributed by atoms with E-state index in [-0.39, 0.29) is 43.3 Å². The van der Waals surface area contributed by atoms with Gasteiger partial charge in [-0.25, -0.2) is 0 Å². The second-order valence-corrected chi connectivity index (χ2v) is 11.7. The largest absolute Gasteiger partial charge is 0.460 e. The molecule has 11 heteroatoms. The maximum Gasteiger partial charge on any atom is 0.313 e. The number of allylic oxidation sites excluding steroid dienone is 1. The van der Waals surface area contributed by atoms with Gasteiger partial charge in [0, 0.05) is 36.6 Å². The molecule has 6 atom stereocenters. The lowest BCUT2D eigenvalue weighted by atomic mass is 9.74. The fourth-order valence-electron chi connectivity index (χ4n) is 5.97. The van der Waals surface area contributed by atoms with Crippen molar-refractivity contribution in [1.82, 2.24) is 15.1 Å². The van der Waals surface area contributed by atoms with Gasteiger partial charge in [-0.1, -0.05) is 28.1 Å². The lowest BCUT2D eigenvalue weighted by molar-refractivity contribution is -0.158. The number of cyclic esters (lactones) is 1. The van der Waals surface area contributed by atoms with Gasteiger partial charge < -0.3 is 29.7 Å². The highest BCUT2D eigenvalue weighted by atomic mass is 79.9.